The van der Waals surface area contributed by atoms with Crippen molar-refractivity contribution < 1.29 is 24.6 Å². The summed E-state index contributed by atoms with van der Waals surface area (Å²) in [6.45, 7) is 0.627. The zero-order valence-electron chi connectivity index (χ0n) is 12.1. The number of phenolic OH excluding ortho intramolecular Hbond substituents is 1. The van der Waals surface area contributed by atoms with Crippen LogP contribution in [0.4, 0.5) is 0 Å². The molecule has 1 aromatic rings. The third-order valence-electron chi connectivity index (χ3n) is 2.91. The van der Waals surface area contributed by atoms with Gasteiger partial charge in [-0.05, 0) is 17.7 Å². The summed E-state index contributed by atoms with van der Waals surface area (Å²) >= 11 is 0. The first-order valence-electron chi connectivity index (χ1n) is 6.59. The van der Waals surface area contributed by atoms with E-state index < -0.39 is 36.4 Å². The van der Waals surface area contributed by atoms with Crippen LogP contribution in [-0.4, -0.2) is 46.6 Å². The van der Waals surface area contributed by atoms with Gasteiger partial charge in [0, 0.05) is 13.3 Å². The Labute approximate surface area is 127 Å². The molecule has 0 saturated carbocycles. The molecular weight excluding hydrogens is 290 g/mol. The molecule has 1 aromatic carbocycles. The Kier molecular flexibility index (Phi) is 6.33. The highest BCUT2D eigenvalue weighted by atomic mass is 16.3. The number of nitrogens with two attached hydrogens (primary N) is 1. The minimum absolute atomic E-state index is 0.0818. The Balaban J connectivity index is 2.82. The van der Waals surface area contributed by atoms with Crippen molar-refractivity contribution in [3.63, 3.8) is 0 Å². The molecule has 0 heterocycles. The monoisotopic (exact) mass is 309 g/mol. The number of aromatic hydroxyl groups is 1. The average Bonchev–Trinajstić information content (AvgIpc) is 2.45. The van der Waals surface area contributed by atoms with E-state index in [1.54, 1.807) is 12.1 Å². The van der Waals surface area contributed by atoms with Crippen LogP contribution in [0, 0.1) is 0 Å². The molecule has 0 unspecified atom stereocenters. The van der Waals surface area contributed by atoms with Gasteiger partial charge < -0.3 is 26.6 Å². The number of amides is 3. The maximum absolute atomic E-state index is 12.1. The second-order valence-corrected chi connectivity index (χ2v) is 4.77. The summed E-state index contributed by atoms with van der Waals surface area (Å²) in [6.07, 6.45) is 0.155. The molecule has 0 aliphatic carbocycles. The molecule has 0 aromatic heterocycles. The summed E-state index contributed by atoms with van der Waals surface area (Å²) in [5.74, 6) is -1.85. The van der Waals surface area contributed by atoms with Crippen LogP contribution < -0.4 is 16.4 Å². The predicted octanol–water partition coefficient (Wildman–Crippen LogP) is -1.60. The van der Waals surface area contributed by atoms with Gasteiger partial charge in [0.25, 0.3) is 0 Å². The summed E-state index contributed by atoms with van der Waals surface area (Å²) in [5.41, 5.74) is 5.74. The van der Waals surface area contributed by atoms with Gasteiger partial charge in [-0.25, -0.2) is 0 Å². The van der Waals surface area contributed by atoms with Crippen molar-refractivity contribution >= 4 is 17.7 Å². The predicted molar refractivity (Wildman–Crippen MR) is 77.6 cm³/mol. The van der Waals surface area contributed by atoms with Gasteiger partial charge >= 0.3 is 0 Å². The van der Waals surface area contributed by atoms with Gasteiger partial charge in [0.05, 0.1) is 6.61 Å². The number of benzene rings is 1. The molecule has 2 atom stereocenters. The average molecular weight is 309 g/mol. The number of nitrogens with one attached hydrogen (secondary N) is 2. The van der Waals surface area contributed by atoms with Crippen LogP contribution in [-0.2, 0) is 20.8 Å². The van der Waals surface area contributed by atoms with Crippen LogP contribution in [0.5, 0.6) is 5.75 Å². The van der Waals surface area contributed by atoms with E-state index in [-0.39, 0.29) is 12.2 Å². The van der Waals surface area contributed by atoms with Gasteiger partial charge in [-0.3, -0.25) is 14.4 Å². The fourth-order valence-corrected chi connectivity index (χ4v) is 1.80. The molecule has 120 valence electrons. The second-order valence-electron chi connectivity index (χ2n) is 4.77. The van der Waals surface area contributed by atoms with Crippen molar-refractivity contribution in [1.82, 2.24) is 10.6 Å². The first kappa shape index (κ1) is 17.4. The molecular formula is C14H19N3O5. The minimum atomic E-state index is -1.22. The van der Waals surface area contributed by atoms with E-state index in [0.717, 1.165) is 0 Å². The largest absolute Gasteiger partial charge is 0.508 e. The van der Waals surface area contributed by atoms with Gasteiger partial charge in [0.15, 0.2) is 0 Å². The molecule has 0 spiro atoms. The first-order chi connectivity index (χ1) is 10.3. The number of phenols is 1. The number of primary amides is 1. The fraction of sp³-hybridized carbons (Fsp3) is 0.357. The van der Waals surface area contributed by atoms with Gasteiger partial charge in [0.2, 0.25) is 17.7 Å². The Bertz CT molecular complexity index is 544. The lowest BCUT2D eigenvalue weighted by molar-refractivity contribution is -0.131. The molecule has 0 fully saturated rings. The van der Waals surface area contributed by atoms with E-state index in [4.69, 9.17) is 10.8 Å². The number of hydrogen-bond acceptors (Lipinski definition) is 5. The van der Waals surface area contributed by atoms with Crippen molar-refractivity contribution in [1.29, 1.82) is 0 Å². The molecule has 6 N–H and O–H groups in total. The summed E-state index contributed by atoms with van der Waals surface area (Å²) in [7, 11) is 0. The molecule has 1 rings (SSSR count). The lowest BCUT2D eigenvalue weighted by Gasteiger charge is -2.20. The number of rotatable bonds is 7. The van der Waals surface area contributed by atoms with Crippen LogP contribution >= 0.6 is 0 Å². The number of carbonyl (C=O) groups is 3. The number of carbonyl (C=O) groups excluding carboxylic acids is 3. The van der Waals surface area contributed by atoms with Crippen LogP contribution in [0.3, 0.4) is 0 Å². The van der Waals surface area contributed by atoms with Gasteiger partial charge in [-0.1, -0.05) is 12.1 Å². The summed E-state index contributed by atoms with van der Waals surface area (Å²) < 4.78 is 0. The SMILES string of the molecule is CC(=O)N[C@@H](Cc1ccc(O)cc1)C(=O)N[C@@H](CO)C(N)=O. The van der Waals surface area contributed by atoms with Crippen molar-refractivity contribution in [2.45, 2.75) is 25.4 Å². The second kappa shape index (κ2) is 7.99. The topological polar surface area (TPSA) is 142 Å². The Hall–Kier alpha value is -2.61. The van der Waals surface area contributed by atoms with Gasteiger partial charge in [-0.2, -0.15) is 0 Å². The standard InChI is InChI=1S/C14H19N3O5/c1-8(19)16-11(6-9-2-4-10(20)5-3-9)14(22)17-12(7-18)13(15)21/h2-5,11-12,18,20H,6-7H2,1H3,(H2,15,21)(H,16,19)(H,17,22)/t11-,12-/m0/s1. The van der Waals surface area contributed by atoms with Crippen LogP contribution in [0.25, 0.3) is 0 Å². The molecule has 22 heavy (non-hydrogen) atoms. The van der Waals surface area contributed by atoms with E-state index in [0.29, 0.717) is 5.56 Å². The molecule has 0 bridgehead atoms. The number of hydrogen-bond donors (Lipinski definition) is 5. The maximum Gasteiger partial charge on any atom is 0.243 e. The molecule has 8 nitrogen and oxygen atoms in total. The van der Waals surface area contributed by atoms with E-state index >= 15 is 0 Å². The highest BCUT2D eigenvalue weighted by Crippen LogP contribution is 2.11. The maximum atomic E-state index is 12.1. The van der Waals surface area contributed by atoms with E-state index in [2.05, 4.69) is 10.6 Å². The lowest BCUT2D eigenvalue weighted by Crippen LogP contribution is -2.54. The van der Waals surface area contributed by atoms with Crippen LogP contribution in [0.15, 0.2) is 24.3 Å². The quantitative estimate of drug-likeness (QED) is 0.412. The zero-order valence-corrected chi connectivity index (χ0v) is 12.1. The van der Waals surface area contributed by atoms with E-state index in [1.807, 2.05) is 0 Å². The van der Waals surface area contributed by atoms with Crippen molar-refractivity contribution in [2.24, 2.45) is 5.73 Å². The molecule has 0 saturated heterocycles. The third-order valence-corrected chi connectivity index (χ3v) is 2.91. The van der Waals surface area contributed by atoms with Crippen molar-refractivity contribution in [3.05, 3.63) is 29.8 Å². The molecule has 0 radical (unpaired) electrons. The Morgan fingerprint density at radius 1 is 1.14 bits per heavy atom. The smallest absolute Gasteiger partial charge is 0.243 e. The molecule has 0 aliphatic rings. The Morgan fingerprint density at radius 2 is 1.73 bits per heavy atom. The van der Waals surface area contributed by atoms with Gasteiger partial charge in [-0.15, -0.1) is 0 Å². The summed E-state index contributed by atoms with van der Waals surface area (Å²) in [5, 5.41) is 23.0. The highest BCUT2D eigenvalue weighted by Gasteiger charge is 2.24. The van der Waals surface area contributed by atoms with E-state index in [1.165, 1.54) is 19.1 Å². The van der Waals surface area contributed by atoms with Crippen molar-refractivity contribution in [3.8, 4) is 5.75 Å². The first-order valence-corrected chi connectivity index (χ1v) is 6.59. The van der Waals surface area contributed by atoms with Crippen LogP contribution in [0.1, 0.15) is 12.5 Å². The summed E-state index contributed by atoms with van der Waals surface area (Å²) in [6, 6.07) is 3.97. The highest BCUT2D eigenvalue weighted by molar-refractivity contribution is 5.91. The fourth-order valence-electron chi connectivity index (χ4n) is 1.80. The van der Waals surface area contributed by atoms with Crippen molar-refractivity contribution in [2.75, 3.05) is 6.61 Å². The minimum Gasteiger partial charge on any atom is -0.508 e. The molecule has 0 aliphatic heterocycles. The number of aliphatic hydroxyl groups is 1. The summed E-state index contributed by atoms with van der Waals surface area (Å²) in [4.78, 5) is 34.4. The van der Waals surface area contributed by atoms with Gasteiger partial charge in [0.1, 0.15) is 17.8 Å². The Morgan fingerprint density at radius 3 is 2.18 bits per heavy atom. The molecule has 3 amide bonds. The van der Waals surface area contributed by atoms with E-state index in [9.17, 15) is 19.5 Å². The molecule has 8 heteroatoms. The lowest BCUT2D eigenvalue weighted by atomic mass is 10.0. The normalized spacial score (nSPS) is 13.0. The zero-order chi connectivity index (χ0) is 16.7. The number of aliphatic hydroxyl groups excluding tert-OH is 1. The van der Waals surface area contributed by atoms with Crippen LogP contribution in [0.2, 0.25) is 0 Å². The third kappa shape index (κ3) is 5.41.